The van der Waals surface area contributed by atoms with Crippen LogP contribution in [-0.2, 0) is 23.8 Å². The lowest BCUT2D eigenvalue weighted by Crippen LogP contribution is -1.97. The molecule has 0 saturated heterocycles. The van der Waals surface area contributed by atoms with Crippen molar-refractivity contribution < 1.29 is 4.74 Å². The summed E-state index contributed by atoms with van der Waals surface area (Å²) in [7, 11) is 1.62. The zero-order valence-electron chi connectivity index (χ0n) is 7.68. The lowest BCUT2D eigenvalue weighted by molar-refractivity contribution is 0.180. The van der Waals surface area contributed by atoms with Crippen molar-refractivity contribution in [2.45, 2.75) is 26.0 Å². The fourth-order valence-corrected chi connectivity index (χ4v) is 1.80. The normalized spacial score (nSPS) is 10.8. The first-order valence-corrected chi connectivity index (χ1v) is 4.94. The van der Waals surface area contributed by atoms with E-state index < -0.39 is 0 Å². The molecule has 0 unspecified atom stereocenters. The Bertz CT molecular complexity index is 286. The first kappa shape index (κ1) is 10.8. The van der Waals surface area contributed by atoms with Crippen molar-refractivity contribution in [2.75, 3.05) is 7.11 Å². The van der Waals surface area contributed by atoms with Gasteiger partial charge in [0.1, 0.15) is 5.15 Å². The Kier molecular flexibility index (Phi) is 4.03. The van der Waals surface area contributed by atoms with E-state index in [0.29, 0.717) is 17.6 Å². The topological polar surface area (TPSA) is 27.1 Å². The number of methoxy groups -OCH3 is 1. The monoisotopic (exact) mass is 222 g/mol. The van der Waals surface area contributed by atoms with Crippen molar-refractivity contribution in [3.63, 3.8) is 0 Å². The molecule has 0 fully saturated rings. The minimum Gasteiger partial charge on any atom is -0.378 e. The highest BCUT2D eigenvalue weighted by Gasteiger charge is 2.13. The van der Waals surface area contributed by atoms with Crippen LogP contribution in [0.3, 0.4) is 0 Å². The highest BCUT2D eigenvalue weighted by atomic mass is 35.5. The van der Waals surface area contributed by atoms with Crippen LogP contribution < -0.4 is 0 Å². The van der Waals surface area contributed by atoms with Crippen molar-refractivity contribution >= 4 is 23.2 Å². The van der Waals surface area contributed by atoms with Crippen LogP contribution in [0, 0.1) is 0 Å². The molecule has 3 nitrogen and oxygen atoms in total. The van der Waals surface area contributed by atoms with Crippen molar-refractivity contribution in [1.82, 2.24) is 9.78 Å². The zero-order valence-corrected chi connectivity index (χ0v) is 9.19. The Labute approximate surface area is 87.6 Å². The SMILES string of the molecule is CCn1nc(COC)c(CCl)c1Cl. The number of alkyl halides is 1. The van der Waals surface area contributed by atoms with Gasteiger partial charge in [-0.25, -0.2) is 0 Å². The molecule has 0 aliphatic carbocycles. The summed E-state index contributed by atoms with van der Waals surface area (Å²) in [5.74, 6) is 0.373. The molecule has 0 amide bonds. The van der Waals surface area contributed by atoms with Crippen LogP contribution in [0.5, 0.6) is 0 Å². The predicted octanol–water partition coefficient (Wildman–Crippen LogP) is 2.44. The molecule has 0 bridgehead atoms. The van der Waals surface area contributed by atoms with Crippen LogP contribution in [0.4, 0.5) is 0 Å². The van der Waals surface area contributed by atoms with Gasteiger partial charge in [-0.2, -0.15) is 5.10 Å². The molecule has 1 heterocycles. The van der Waals surface area contributed by atoms with Gasteiger partial charge in [-0.15, -0.1) is 11.6 Å². The summed E-state index contributed by atoms with van der Waals surface area (Å²) in [5, 5.41) is 4.88. The van der Waals surface area contributed by atoms with Crippen LogP contribution in [0.1, 0.15) is 18.2 Å². The van der Waals surface area contributed by atoms with Crippen molar-refractivity contribution in [2.24, 2.45) is 0 Å². The summed E-state index contributed by atoms with van der Waals surface area (Å²) < 4.78 is 6.71. The molecule has 0 atom stereocenters. The number of halogens is 2. The molecule has 0 aliphatic heterocycles. The average molecular weight is 223 g/mol. The molecule has 0 spiro atoms. The molecule has 0 saturated carbocycles. The molecule has 74 valence electrons. The Morgan fingerprint density at radius 2 is 2.23 bits per heavy atom. The standard InChI is InChI=1S/C8H12Cl2N2O/c1-3-12-8(10)6(4-9)7(11-12)5-13-2/h3-5H2,1-2H3. The second kappa shape index (κ2) is 4.84. The van der Waals surface area contributed by atoms with Crippen LogP contribution in [0.25, 0.3) is 0 Å². The van der Waals surface area contributed by atoms with Gasteiger partial charge in [0.15, 0.2) is 0 Å². The molecular formula is C8H12Cl2N2O. The minimum atomic E-state index is 0.373. The first-order chi connectivity index (χ1) is 6.24. The average Bonchev–Trinajstić information content (AvgIpc) is 2.43. The van der Waals surface area contributed by atoms with Crippen LogP contribution in [0.15, 0.2) is 0 Å². The minimum absolute atomic E-state index is 0.373. The lowest BCUT2D eigenvalue weighted by Gasteiger charge is -1.96. The molecule has 0 N–H and O–H groups in total. The quantitative estimate of drug-likeness (QED) is 0.733. The fourth-order valence-electron chi connectivity index (χ4n) is 1.12. The molecule has 5 heteroatoms. The van der Waals surface area contributed by atoms with E-state index in [0.717, 1.165) is 17.8 Å². The van der Waals surface area contributed by atoms with E-state index in [1.165, 1.54) is 0 Å². The lowest BCUT2D eigenvalue weighted by atomic mass is 10.3. The number of ether oxygens (including phenoxy) is 1. The van der Waals surface area contributed by atoms with Gasteiger partial charge in [0.05, 0.1) is 18.2 Å². The maximum atomic E-state index is 6.03. The van der Waals surface area contributed by atoms with Gasteiger partial charge >= 0.3 is 0 Å². The van der Waals surface area contributed by atoms with Crippen molar-refractivity contribution in [3.05, 3.63) is 16.4 Å². The predicted molar refractivity (Wildman–Crippen MR) is 53.2 cm³/mol. The number of nitrogens with zero attached hydrogens (tertiary/aromatic N) is 2. The summed E-state index contributed by atoms with van der Waals surface area (Å²) in [4.78, 5) is 0. The molecule has 1 rings (SSSR count). The highest BCUT2D eigenvalue weighted by Crippen LogP contribution is 2.22. The number of rotatable bonds is 4. The van der Waals surface area contributed by atoms with Gasteiger partial charge in [-0.3, -0.25) is 4.68 Å². The number of hydrogen-bond acceptors (Lipinski definition) is 2. The molecular weight excluding hydrogens is 211 g/mol. The summed E-state index contributed by atoms with van der Waals surface area (Å²) in [6.45, 7) is 3.18. The van der Waals surface area contributed by atoms with E-state index in [2.05, 4.69) is 5.10 Å². The second-order valence-electron chi connectivity index (χ2n) is 2.60. The van der Waals surface area contributed by atoms with E-state index in [1.807, 2.05) is 6.92 Å². The molecule has 0 radical (unpaired) electrons. The largest absolute Gasteiger partial charge is 0.378 e. The van der Waals surface area contributed by atoms with Gasteiger partial charge in [0, 0.05) is 19.2 Å². The van der Waals surface area contributed by atoms with E-state index in [9.17, 15) is 0 Å². The van der Waals surface area contributed by atoms with Gasteiger partial charge in [-0.1, -0.05) is 11.6 Å². The summed E-state index contributed by atoms with van der Waals surface area (Å²) in [5.41, 5.74) is 1.69. The number of aromatic nitrogens is 2. The van der Waals surface area contributed by atoms with Crippen LogP contribution in [0.2, 0.25) is 5.15 Å². The van der Waals surface area contributed by atoms with Gasteiger partial charge < -0.3 is 4.74 Å². The van der Waals surface area contributed by atoms with E-state index >= 15 is 0 Å². The molecule has 1 aromatic heterocycles. The Morgan fingerprint density at radius 1 is 1.54 bits per heavy atom. The smallest absolute Gasteiger partial charge is 0.131 e. The molecule has 1 aromatic rings. The van der Waals surface area contributed by atoms with Crippen molar-refractivity contribution in [1.29, 1.82) is 0 Å². The number of hydrogen-bond donors (Lipinski definition) is 0. The van der Waals surface area contributed by atoms with Crippen LogP contribution >= 0.6 is 23.2 Å². The molecule has 0 aromatic carbocycles. The van der Waals surface area contributed by atoms with E-state index in [1.54, 1.807) is 11.8 Å². The molecule has 13 heavy (non-hydrogen) atoms. The zero-order chi connectivity index (χ0) is 9.84. The second-order valence-corrected chi connectivity index (χ2v) is 3.22. The van der Waals surface area contributed by atoms with E-state index in [-0.39, 0.29) is 0 Å². The summed E-state index contributed by atoms with van der Waals surface area (Å²) >= 11 is 11.8. The Hall–Kier alpha value is -0.250. The first-order valence-electron chi connectivity index (χ1n) is 4.03. The van der Waals surface area contributed by atoms with Gasteiger partial charge in [0.25, 0.3) is 0 Å². The third-order valence-electron chi connectivity index (χ3n) is 1.78. The maximum Gasteiger partial charge on any atom is 0.131 e. The van der Waals surface area contributed by atoms with Crippen molar-refractivity contribution in [3.8, 4) is 0 Å². The Morgan fingerprint density at radius 3 is 2.69 bits per heavy atom. The van der Waals surface area contributed by atoms with Gasteiger partial charge in [0.2, 0.25) is 0 Å². The molecule has 0 aliphatic rings. The summed E-state index contributed by atoms with van der Waals surface area (Å²) in [6.07, 6.45) is 0. The maximum absolute atomic E-state index is 6.03. The van der Waals surface area contributed by atoms with Crippen LogP contribution in [-0.4, -0.2) is 16.9 Å². The fraction of sp³-hybridized carbons (Fsp3) is 0.625. The van der Waals surface area contributed by atoms with E-state index in [4.69, 9.17) is 27.9 Å². The third kappa shape index (κ3) is 2.16. The van der Waals surface area contributed by atoms with Gasteiger partial charge in [-0.05, 0) is 6.92 Å². The third-order valence-corrected chi connectivity index (χ3v) is 2.47. The highest BCUT2D eigenvalue weighted by molar-refractivity contribution is 6.31. The summed E-state index contributed by atoms with van der Waals surface area (Å²) in [6, 6.07) is 0. The Balaban J connectivity index is 3.04. The number of aryl methyl sites for hydroxylation is 1.